The van der Waals surface area contributed by atoms with Gasteiger partial charge in [0.25, 0.3) is 0 Å². The minimum absolute atomic E-state index is 0.0757. The molecule has 0 aromatic carbocycles. The van der Waals surface area contributed by atoms with Gasteiger partial charge in [0.2, 0.25) is 5.91 Å². The van der Waals surface area contributed by atoms with Gasteiger partial charge in [0.05, 0.1) is 10.7 Å². The molecular formula is C20H36N6OS. The van der Waals surface area contributed by atoms with E-state index in [1.54, 1.807) is 11.3 Å². The van der Waals surface area contributed by atoms with Gasteiger partial charge in [0, 0.05) is 36.9 Å². The Labute approximate surface area is 173 Å². The van der Waals surface area contributed by atoms with E-state index in [0.717, 1.165) is 83.0 Å². The molecule has 1 aliphatic rings. The molecule has 1 aliphatic heterocycles. The van der Waals surface area contributed by atoms with Gasteiger partial charge in [-0.15, -0.1) is 11.3 Å². The Morgan fingerprint density at radius 3 is 2.64 bits per heavy atom. The number of carbonyl (C=O) groups is 1. The second kappa shape index (κ2) is 12.0. The van der Waals surface area contributed by atoms with Gasteiger partial charge in [-0.25, -0.2) is 4.98 Å². The van der Waals surface area contributed by atoms with Crippen LogP contribution in [0.2, 0.25) is 0 Å². The van der Waals surface area contributed by atoms with Crippen LogP contribution in [0.5, 0.6) is 0 Å². The molecule has 0 bridgehead atoms. The largest absolute Gasteiger partial charge is 0.369 e. The number of aryl methyl sites for hydroxylation is 2. The number of hydrogen-bond donors (Lipinski definition) is 3. The van der Waals surface area contributed by atoms with Crippen LogP contribution in [0.25, 0.3) is 0 Å². The number of unbranched alkanes of at least 4 members (excludes halogenated alkanes) is 1. The predicted molar refractivity (Wildman–Crippen MR) is 117 cm³/mol. The number of likely N-dealkylation sites (tertiary alicyclic amines) is 1. The van der Waals surface area contributed by atoms with Crippen molar-refractivity contribution < 1.29 is 4.79 Å². The van der Waals surface area contributed by atoms with Gasteiger partial charge in [-0.2, -0.15) is 0 Å². The molecule has 0 saturated carbocycles. The summed E-state index contributed by atoms with van der Waals surface area (Å²) in [4.78, 5) is 24.2. The maximum absolute atomic E-state index is 11.2. The van der Waals surface area contributed by atoms with Crippen molar-refractivity contribution in [1.82, 2.24) is 20.5 Å². The van der Waals surface area contributed by atoms with E-state index in [1.807, 2.05) is 0 Å². The number of nitrogens with one attached hydrogen (secondary N) is 2. The number of aromatic nitrogens is 1. The number of carbonyl (C=O) groups excluding carboxylic acids is 1. The van der Waals surface area contributed by atoms with Crippen LogP contribution in [0.3, 0.4) is 0 Å². The summed E-state index contributed by atoms with van der Waals surface area (Å²) in [6.07, 6.45) is 4.92. The number of thiazole rings is 1. The van der Waals surface area contributed by atoms with E-state index in [-0.39, 0.29) is 11.8 Å². The molecule has 8 heteroatoms. The normalized spacial score (nSPS) is 16.3. The number of guanidine groups is 1. The van der Waals surface area contributed by atoms with Crippen molar-refractivity contribution in [2.45, 2.75) is 52.9 Å². The number of amides is 1. The Morgan fingerprint density at radius 2 is 2.04 bits per heavy atom. The summed E-state index contributed by atoms with van der Waals surface area (Å²) in [5.41, 5.74) is 6.53. The van der Waals surface area contributed by atoms with E-state index >= 15 is 0 Å². The van der Waals surface area contributed by atoms with Crippen molar-refractivity contribution in [2.75, 3.05) is 39.3 Å². The molecule has 1 saturated heterocycles. The monoisotopic (exact) mass is 408 g/mol. The highest BCUT2D eigenvalue weighted by Gasteiger charge is 2.22. The third-order valence-electron chi connectivity index (χ3n) is 5.19. The highest BCUT2D eigenvalue weighted by Crippen LogP contribution is 2.17. The van der Waals surface area contributed by atoms with Crippen molar-refractivity contribution in [1.29, 1.82) is 0 Å². The summed E-state index contributed by atoms with van der Waals surface area (Å²) in [6.45, 7) is 11.8. The average Bonchev–Trinajstić information content (AvgIpc) is 2.99. The molecule has 0 atom stereocenters. The van der Waals surface area contributed by atoms with Crippen LogP contribution in [0.1, 0.15) is 48.2 Å². The van der Waals surface area contributed by atoms with E-state index in [4.69, 9.17) is 5.73 Å². The van der Waals surface area contributed by atoms with Crippen LogP contribution >= 0.6 is 11.3 Å². The summed E-state index contributed by atoms with van der Waals surface area (Å²) in [5, 5.41) is 7.89. The van der Waals surface area contributed by atoms with E-state index in [2.05, 4.69) is 46.3 Å². The SMILES string of the molecule is CCNC(=NCCCCN1CCC(C(N)=O)CC1)NCCc1nc(C)c(C)s1. The fourth-order valence-electron chi connectivity index (χ4n) is 3.35. The molecule has 2 heterocycles. The lowest BCUT2D eigenvalue weighted by atomic mass is 9.96. The van der Waals surface area contributed by atoms with Crippen LogP contribution < -0.4 is 16.4 Å². The third kappa shape index (κ3) is 7.75. The maximum atomic E-state index is 11.2. The van der Waals surface area contributed by atoms with E-state index in [9.17, 15) is 4.79 Å². The van der Waals surface area contributed by atoms with Crippen LogP contribution in [-0.2, 0) is 11.2 Å². The number of rotatable bonds is 10. The van der Waals surface area contributed by atoms with Gasteiger partial charge in [-0.05, 0) is 66.1 Å². The molecule has 28 heavy (non-hydrogen) atoms. The topological polar surface area (TPSA) is 95.6 Å². The quantitative estimate of drug-likeness (QED) is 0.312. The molecule has 0 spiro atoms. The number of piperidine rings is 1. The van der Waals surface area contributed by atoms with Gasteiger partial charge >= 0.3 is 0 Å². The number of nitrogens with two attached hydrogens (primary N) is 1. The number of nitrogens with zero attached hydrogens (tertiary/aromatic N) is 3. The average molecular weight is 409 g/mol. The molecule has 0 radical (unpaired) electrons. The van der Waals surface area contributed by atoms with Crippen molar-refractivity contribution in [2.24, 2.45) is 16.6 Å². The Hall–Kier alpha value is -1.67. The zero-order valence-electron chi connectivity index (χ0n) is 17.6. The highest BCUT2D eigenvalue weighted by molar-refractivity contribution is 7.11. The Morgan fingerprint density at radius 1 is 1.29 bits per heavy atom. The van der Waals surface area contributed by atoms with E-state index < -0.39 is 0 Å². The zero-order chi connectivity index (χ0) is 20.4. The molecule has 1 fully saturated rings. The second-order valence-electron chi connectivity index (χ2n) is 7.41. The lowest BCUT2D eigenvalue weighted by Gasteiger charge is -2.30. The first kappa shape index (κ1) is 22.6. The molecule has 158 valence electrons. The number of primary amides is 1. The maximum Gasteiger partial charge on any atom is 0.220 e. The van der Waals surface area contributed by atoms with Crippen LogP contribution in [0.4, 0.5) is 0 Å². The number of hydrogen-bond acceptors (Lipinski definition) is 5. The summed E-state index contributed by atoms with van der Waals surface area (Å²) in [6, 6.07) is 0. The molecule has 1 amide bonds. The van der Waals surface area contributed by atoms with E-state index in [0.29, 0.717) is 0 Å². The number of aliphatic imine (C=N–C) groups is 1. The first-order valence-electron chi connectivity index (χ1n) is 10.5. The van der Waals surface area contributed by atoms with Crippen LogP contribution in [-0.4, -0.2) is 61.0 Å². The molecule has 1 aromatic heterocycles. The van der Waals surface area contributed by atoms with Crippen LogP contribution in [0.15, 0.2) is 4.99 Å². The Bertz CT molecular complexity index is 617. The molecular weight excluding hydrogens is 372 g/mol. The van der Waals surface area contributed by atoms with Gasteiger partial charge < -0.3 is 21.3 Å². The minimum Gasteiger partial charge on any atom is -0.369 e. The van der Waals surface area contributed by atoms with E-state index in [1.165, 1.54) is 9.88 Å². The molecule has 1 aromatic rings. The molecule has 0 aliphatic carbocycles. The van der Waals surface area contributed by atoms with Crippen molar-refractivity contribution in [3.63, 3.8) is 0 Å². The van der Waals surface area contributed by atoms with Gasteiger partial charge in [0.1, 0.15) is 0 Å². The van der Waals surface area contributed by atoms with Crippen molar-refractivity contribution in [3.05, 3.63) is 15.6 Å². The first-order valence-corrected chi connectivity index (χ1v) is 11.3. The van der Waals surface area contributed by atoms with Gasteiger partial charge in [0.15, 0.2) is 5.96 Å². The molecule has 4 N–H and O–H groups in total. The fourth-order valence-corrected chi connectivity index (χ4v) is 4.29. The highest BCUT2D eigenvalue weighted by atomic mass is 32.1. The summed E-state index contributed by atoms with van der Waals surface area (Å²) in [7, 11) is 0. The fraction of sp³-hybridized carbons (Fsp3) is 0.750. The summed E-state index contributed by atoms with van der Waals surface area (Å²) in [5.74, 6) is 0.819. The van der Waals surface area contributed by atoms with Crippen LogP contribution in [0, 0.1) is 19.8 Å². The lowest BCUT2D eigenvalue weighted by Crippen LogP contribution is -2.39. The standard InChI is InChI=1S/C20H36N6OS/c1-4-22-20(24-11-7-18-25-15(2)16(3)28-18)23-10-5-6-12-26-13-8-17(9-14-26)19(21)27/h17H,4-14H2,1-3H3,(H2,21,27)(H2,22,23,24). The molecule has 0 unspecified atom stereocenters. The predicted octanol–water partition coefficient (Wildman–Crippen LogP) is 1.84. The molecule has 7 nitrogen and oxygen atoms in total. The van der Waals surface area contributed by atoms with Gasteiger partial charge in [-0.3, -0.25) is 9.79 Å². The Kier molecular flexibility index (Phi) is 9.70. The van der Waals surface area contributed by atoms with Gasteiger partial charge in [-0.1, -0.05) is 0 Å². The lowest BCUT2D eigenvalue weighted by molar-refractivity contribution is -0.123. The minimum atomic E-state index is -0.141. The van der Waals surface area contributed by atoms with Crippen molar-refractivity contribution >= 4 is 23.2 Å². The first-order chi connectivity index (χ1) is 13.5. The smallest absolute Gasteiger partial charge is 0.220 e. The molecule has 2 rings (SSSR count). The van der Waals surface area contributed by atoms with Crippen molar-refractivity contribution in [3.8, 4) is 0 Å². The zero-order valence-corrected chi connectivity index (χ0v) is 18.4. The Balaban J connectivity index is 1.62. The summed E-state index contributed by atoms with van der Waals surface area (Å²) < 4.78 is 0. The summed E-state index contributed by atoms with van der Waals surface area (Å²) >= 11 is 1.78. The second-order valence-corrected chi connectivity index (χ2v) is 8.70. The third-order valence-corrected chi connectivity index (χ3v) is 6.32.